The van der Waals surface area contributed by atoms with Gasteiger partial charge in [-0.3, -0.25) is 4.79 Å². The summed E-state index contributed by atoms with van der Waals surface area (Å²) in [7, 11) is -5.59. The van der Waals surface area contributed by atoms with Gasteiger partial charge in [-0.1, -0.05) is 30.3 Å². The Morgan fingerprint density at radius 3 is 2.34 bits per heavy atom. The molecule has 0 unspecified atom stereocenters. The lowest BCUT2D eigenvalue weighted by Crippen LogP contribution is -2.49. The van der Waals surface area contributed by atoms with Crippen LogP contribution in [0.15, 0.2) is 71.6 Å². The van der Waals surface area contributed by atoms with Gasteiger partial charge in [-0.25, -0.2) is 4.31 Å². The third-order valence-corrected chi connectivity index (χ3v) is 6.26. The third-order valence-electron chi connectivity index (χ3n) is 4.88. The number of halogens is 3. The Kier molecular flexibility index (Phi) is 4.34. The van der Waals surface area contributed by atoms with Crippen LogP contribution in [0.4, 0.5) is 13.2 Å². The second-order valence-electron chi connectivity index (χ2n) is 6.70. The Balaban J connectivity index is 1.71. The number of carbonyl (C=O) groups is 1. The Morgan fingerprint density at radius 2 is 1.72 bits per heavy atom. The molecule has 1 amide bonds. The Morgan fingerprint density at radius 1 is 1.07 bits per heavy atom. The average molecular weight is 424 g/mol. The Labute approximate surface area is 164 Å². The van der Waals surface area contributed by atoms with Crippen molar-refractivity contribution < 1.29 is 30.8 Å². The lowest BCUT2D eigenvalue weighted by molar-refractivity contribution is -0.137. The number of hydrogen-bond donors (Lipinski definition) is 0. The molecule has 2 aliphatic heterocycles. The van der Waals surface area contributed by atoms with E-state index < -0.39 is 26.9 Å². The summed E-state index contributed by atoms with van der Waals surface area (Å²) in [5.41, 5.74) is -5.39. The number of sulfonamides is 1. The quantitative estimate of drug-likeness (QED) is 0.759. The molecule has 1 aromatic carbocycles. The number of alkyl halides is 3. The molecule has 0 aliphatic carbocycles. The first kappa shape index (κ1) is 19.3. The van der Waals surface area contributed by atoms with E-state index in [4.69, 9.17) is 4.42 Å². The number of carbonyl (C=O) groups excluding carboxylic acids is 1. The van der Waals surface area contributed by atoms with Crippen molar-refractivity contribution in [2.45, 2.75) is 24.0 Å². The lowest BCUT2D eigenvalue weighted by Gasteiger charge is -2.39. The molecule has 6 nitrogen and oxygen atoms in total. The predicted molar refractivity (Wildman–Crippen MR) is 96.2 cm³/mol. The first-order valence-corrected chi connectivity index (χ1v) is 9.98. The molecule has 0 atom stereocenters. The largest absolute Gasteiger partial charge is 0.517 e. The van der Waals surface area contributed by atoms with Crippen LogP contribution in [0.1, 0.15) is 16.9 Å². The van der Waals surface area contributed by atoms with Crippen molar-refractivity contribution in [2.75, 3.05) is 0 Å². The topological polar surface area (TPSA) is 70.8 Å². The van der Waals surface area contributed by atoms with Gasteiger partial charge >= 0.3 is 15.5 Å². The fraction of sp³-hybridized carbons (Fsp3) is 0.211. The zero-order valence-corrected chi connectivity index (χ0v) is 15.7. The average Bonchev–Trinajstić information content (AvgIpc) is 3.15. The van der Waals surface area contributed by atoms with Gasteiger partial charge in [-0.05, 0) is 23.8 Å². The van der Waals surface area contributed by atoms with E-state index in [0.717, 1.165) is 30.1 Å². The van der Waals surface area contributed by atoms with E-state index in [1.807, 2.05) is 30.3 Å². The molecule has 2 aromatic rings. The highest BCUT2D eigenvalue weighted by atomic mass is 32.2. The number of nitrogens with zero attached hydrogens (tertiary/aromatic N) is 2. The van der Waals surface area contributed by atoms with Crippen molar-refractivity contribution in [1.29, 1.82) is 0 Å². The van der Waals surface area contributed by atoms with Gasteiger partial charge in [0.25, 0.3) is 0 Å². The number of hydrogen-bond acceptors (Lipinski definition) is 4. The number of amides is 1. The van der Waals surface area contributed by atoms with Crippen LogP contribution in [0.25, 0.3) is 0 Å². The molecule has 0 saturated carbocycles. The molecule has 1 aromatic heterocycles. The maximum atomic E-state index is 13.3. The Hall–Kier alpha value is -3.01. The van der Waals surface area contributed by atoms with Gasteiger partial charge in [0.2, 0.25) is 5.91 Å². The number of fused-ring (bicyclic) bond motifs is 2. The van der Waals surface area contributed by atoms with Crippen LogP contribution in [-0.4, -0.2) is 29.0 Å². The van der Waals surface area contributed by atoms with Crippen molar-refractivity contribution in [3.05, 3.63) is 84.1 Å². The van der Waals surface area contributed by atoms with Crippen molar-refractivity contribution >= 4 is 15.9 Å². The zero-order chi connectivity index (χ0) is 20.9. The minimum Gasteiger partial charge on any atom is -0.467 e. The van der Waals surface area contributed by atoms with Crippen LogP contribution in [0.2, 0.25) is 0 Å². The van der Waals surface area contributed by atoms with Gasteiger partial charge in [0.1, 0.15) is 11.2 Å². The zero-order valence-electron chi connectivity index (χ0n) is 14.8. The molecule has 1 spiro atoms. The van der Waals surface area contributed by atoms with E-state index in [9.17, 15) is 26.4 Å². The highest BCUT2D eigenvalue weighted by Crippen LogP contribution is 2.41. The third kappa shape index (κ3) is 3.03. The Bertz CT molecular complexity index is 1090. The normalized spacial score (nSPS) is 18.4. The molecule has 0 N–H and O–H groups in total. The fourth-order valence-electron chi connectivity index (χ4n) is 3.45. The molecular weight excluding hydrogens is 409 g/mol. The van der Waals surface area contributed by atoms with Crippen LogP contribution < -0.4 is 0 Å². The summed E-state index contributed by atoms with van der Waals surface area (Å²) in [5.74, 6) is -0.149. The molecule has 152 valence electrons. The minimum atomic E-state index is -5.59. The van der Waals surface area contributed by atoms with Crippen LogP contribution >= 0.6 is 0 Å². The van der Waals surface area contributed by atoms with E-state index in [2.05, 4.69) is 0 Å². The van der Waals surface area contributed by atoms with Crippen LogP contribution in [-0.2, 0) is 33.3 Å². The second-order valence-corrected chi connectivity index (χ2v) is 8.54. The van der Waals surface area contributed by atoms with Crippen LogP contribution in [0.5, 0.6) is 0 Å². The monoisotopic (exact) mass is 424 g/mol. The van der Waals surface area contributed by atoms with E-state index in [-0.39, 0.29) is 23.2 Å². The number of rotatable bonds is 3. The van der Waals surface area contributed by atoms with Crippen molar-refractivity contribution in [3.63, 3.8) is 0 Å². The molecule has 29 heavy (non-hydrogen) atoms. The van der Waals surface area contributed by atoms with Crippen molar-refractivity contribution in [2.24, 2.45) is 0 Å². The van der Waals surface area contributed by atoms with Crippen LogP contribution in [0.3, 0.4) is 0 Å². The number of benzene rings is 1. The maximum absolute atomic E-state index is 13.3. The van der Waals surface area contributed by atoms with Gasteiger partial charge in [0, 0.05) is 31.1 Å². The fourth-order valence-corrected chi connectivity index (χ4v) is 4.13. The molecule has 2 aliphatic rings. The summed E-state index contributed by atoms with van der Waals surface area (Å²) in [6.45, 7) is 0.561. The summed E-state index contributed by atoms with van der Waals surface area (Å²) < 4.78 is 67.3. The standard InChI is InChI=1S/C19H15F3N2O4S/c20-19(21,22)29(26,27)24-9-7-18(8-10-24)16-15(6-11-28-16)13-23(17(18)25)12-14-4-2-1-3-5-14/h1-11H,12-13H2. The van der Waals surface area contributed by atoms with Gasteiger partial charge in [-0.2, -0.15) is 21.6 Å². The summed E-state index contributed by atoms with van der Waals surface area (Å²) in [6.07, 6.45) is 5.11. The van der Waals surface area contributed by atoms with Crippen molar-refractivity contribution in [3.8, 4) is 0 Å². The van der Waals surface area contributed by atoms with E-state index in [0.29, 0.717) is 5.56 Å². The van der Waals surface area contributed by atoms with Gasteiger partial charge < -0.3 is 9.32 Å². The maximum Gasteiger partial charge on any atom is 0.517 e. The summed E-state index contributed by atoms with van der Waals surface area (Å²) in [4.78, 5) is 14.8. The lowest BCUT2D eigenvalue weighted by atomic mass is 9.78. The predicted octanol–water partition coefficient (Wildman–Crippen LogP) is 3.25. The molecule has 4 rings (SSSR count). The molecule has 0 radical (unpaired) electrons. The highest BCUT2D eigenvalue weighted by Gasteiger charge is 2.52. The first-order valence-electron chi connectivity index (χ1n) is 8.54. The molecular formula is C19H15F3N2O4S. The molecule has 0 fully saturated rings. The van der Waals surface area contributed by atoms with E-state index in [1.165, 1.54) is 6.26 Å². The summed E-state index contributed by atoms with van der Waals surface area (Å²) in [6, 6.07) is 10.9. The highest BCUT2D eigenvalue weighted by molar-refractivity contribution is 7.90. The minimum absolute atomic E-state index is 0.0459. The van der Waals surface area contributed by atoms with Crippen molar-refractivity contribution in [1.82, 2.24) is 9.21 Å². The number of furan rings is 1. The SMILES string of the molecule is O=C1N(Cc2ccccc2)Cc2ccoc2C12C=CN(S(=O)(=O)C(F)(F)F)C=C2. The van der Waals surface area contributed by atoms with Crippen LogP contribution in [0, 0.1) is 0 Å². The second kappa shape index (κ2) is 6.51. The smallest absolute Gasteiger partial charge is 0.467 e. The molecule has 10 heteroatoms. The van der Waals surface area contributed by atoms with Gasteiger partial charge in [0.05, 0.1) is 6.26 Å². The van der Waals surface area contributed by atoms with Gasteiger partial charge in [-0.15, -0.1) is 0 Å². The van der Waals surface area contributed by atoms with Gasteiger partial charge in [0.15, 0.2) is 0 Å². The first-order chi connectivity index (χ1) is 13.6. The molecule has 0 bridgehead atoms. The molecule has 0 saturated heterocycles. The van der Waals surface area contributed by atoms with E-state index in [1.54, 1.807) is 11.0 Å². The molecule has 3 heterocycles. The summed E-state index contributed by atoms with van der Waals surface area (Å²) in [5, 5.41) is 0. The van der Waals surface area contributed by atoms with E-state index >= 15 is 0 Å². The summed E-state index contributed by atoms with van der Waals surface area (Å²) >= 11 is 0.